The van der Waals surface area contributed by atoms with E-state index in [0.29, 0.717) is 16.5 Å². The number of aromatic nitrogens is 1. The largest absolute Gasteiger partial charge is 0.573 e. The van der Waals surface area contributed by atoms with Gasteiger partial charge in [0.15, 0.2) is 0 Å². The Kier molecular flexibility index (Phi) is 4.08. The first-order chi connectivity index (χ1) is 9.42. The molecule has 0 unspecified atom stereocenters. The van der Waals surface area contributed by atoms with Gasteiger partial charge >= 0.3 is 6.36 Å². The fourth-order valence-corrected chi connectivity index (χ4v) is 1.80. The van der Waals surface area contributed by atoms with Gasteiger partial charge in [-0.1, -0.05) is 0 Å². The van der Waals surface area contributed by atoms with E-state index in [4.69, 9.17) is 5.73 Å². The third-order valence-corrected chi connectivity index (χ3v) is 2.77. The SMILES string of the molecule is Nc1csc(NN=Cc2ccc(OC(F)(F)F)cc2)n1. The van der Waals surface area contributed by atoms with Crippen LogP contribution in [0.15, 0.2) is 34.7 Å². The van der Waals surface area contributed by atoms with Crippen molar-refractivity contribution in [2.24, 2.45) is 5.10 Å². The Labute approximate surface area is 115 Å². The molecule has 0 radical (unpaired) electrons. The fraction of sp³-hybridized carbons (Fsp3) is 0.0909. The highest BCUT2D eigenvalue weighted by Crippen LogP contribution is 2.22. The number of hydrogen-bond acceptors (Lipinski definition) is 6. The number of nitrogens with two attached hydrogens (primary N) is 1. The number of thiazole rings is 1. The van der Waals surface area contributed by atoms with E-state index in [1.54, 1.807) is 5.38 Å². The average molecular weight is 302 g/mol. The summed E-state index contributed by atoms with van der Waals surface area (Å²) in [4.78, 5) is 3.92. The third kappa shape index (κ3) is 4.43. The molecule has 0 fully saturated rings. The van der Waals surface area contributed by atoms with E-state index in [1.807, 2.05) is 0 Å². The minimum atomic E-state index is -4.69. The van der Waals surface area contributed by atoms with Crippen LogP contribution in [-0.4, -0.2) is 17.6 Å². The molecular weight excluding hydrogens is 293 g/mol. The molecule has 3 N–H and O–H groups in total. The van der Waals surface area contributed by atoms with Gasteiger partial charge in [0.1, 0.15) is 11.6 Å². The Morgan fingerprint density at radius 2 is 2.00 bits per heavy atom. The summed E-state index contributed by atoms with van der Waals surface area (Å²) in [5, 5.41) is 6.06. The second-order valence-corrected chi connectivity index (χ2v) is 4.42. The lowest BCUT2D eigenvalue weighted by atomic mass is 10.2. The molecule has 2 rings (SSSR count). The minimum Gasteiger partial charge on any atom is -0.406 e. The first-order valence-corrected chi connectivity index (χ1v) is 6.16. The van der Waals surface area contributed by atoms with E-state index in [0.717, 1.165) is 0 Å². The molecule has 0 aliphatic rings. The number of nitrogens with one attached hydrogen (secondary N) is 1. The van der Waals surface area contributed by atoms with Crippen molar-refractivity contribution < 1.29 is 17.9 Å². The van der Waals surface area contributed by atoms with Gasteiger partial charge in [0.2, 0.25) is 5.13 Å². The lowest BCUT2D eigenvalue weighted by molar-refractivity contribution is -0.274. The summed E-state index contributed by atoms with van der Waals surface area (Å²) in [6, 6.07) is 5.30. The number of ether oxygens (including phenoxy) is 1. The van der Waals surface area contributed by atoms with Crippen LogP contribution < -0.4 is 15.9 Å². The minimum absolute atomic E-state index is 0.282. The van der Waals surface area contributed by atoms with Crippen molar-refractivity contribution in [3.05, 3.63) is 35.2 Å². The maximum Gasteiger partial charge on any atom is 0.573 e. The summed E-state index contributed by atoms with van der Waals surface area (Å²) >= 11 is 1.29. The van der Waals surface area contributed by atoms with Gasteiger partial charge in [0.25, 0.3) is 0 Å². The normalized spacial score (nSPS) is 11.8. The van der Waals surface area contributed by atoms with Gasteiger partial charge in [-0.25, -0.2) is 4.98 Å². The van der Waals surface area contributed by atoms with Crippen molar-refractivity contribution >= 4 is 28.5 Å². The summed E-state index contributed by atoms with van der Waals surface area (Å²) < 4.78 is 39.6. The Hall–Kier alpha value is -2.29. The zero-order valence-electron chi connectivity index (χ0n) is 9.89. The number of benzene rings is 1. The molecule has 1 aromatic carbocycles. The van der Waals surface area contributed by atoms with Crippen molar-refractivity contribution in [3.8, 4) is 5.75 Å². The molecule has 0 aliphatic carbocycles. The average Bonchev–Trinajstić information content (AvgIpc) is 2.75. The van der Waals surface area contributed by atoms with Crippen LogP contribution >= 0.6 is 11.3 Å². The van der Waals surface area contributed by atoms with Crippen molar-refractivity contribution in [1.29, 1.82) is 0 Å². The highest BCUT2D eigenvalue weighted by Gasteiger charge is 2.30. The molecular formula is C11H9F3N4OS. The first-order valence-electron chi connectivity index (χ1n) is 5.28. The zero-order chi connectivity index (χ0) is 14.6. The van der Waals surface area contributed by atoms with E-state index in [9.17, 15) is 13.2 Å². The van der Waals surface area contributed by atoms with Crippen LogP contribution in [0, 0.1) is 0 Å². The number of halogens is 3. The van der Waals surface area contributed by atoms with Crippen LogP contribution in [0.25, 0.3) is 0 Å². The van der Waals surface area contributed by atoms with Gasteiger partial charge in [-0.2, -0.15) is 5.10 Å². The van der Waals surface area contributed by atoms with Crippen LogP contribution in [0.3, 0.4) is 0 Å². The monoisotopic (exact) mass is 302 g/mol. The Balaban J connectivity index is 1.93. The predicted octanol–water partition coefficient (Wildman–Crippen LogP) is 3.07. The third-order valence-electron chi connectivity index (χ3n) is 2.01. The van der Waals surface area contributed by atoms with E-state index in [1.165, 1.54) is 41.8 Å². The highest BCUT2D eigenvalue weighted by atomic mass is 32.1. The van der Waals surface area contributed by atoms with Gasteiger partial charge in [-0.15, -0.1) is 24.5 Å². The molecule has 20 heavy (non-hydrogen) atoms. The van der Waals surface area contributed by atoms with E-state index < -0.39 is 6.36 Å². The van der Waals surface area contributed by atoms with Gasteiger partial charge in [-0.05, 0) is 29.8 Å². The molecule has 0 saturated heterocycles. The lowest BCUT2D eigenvalue weighted by Gasteiger charge is -2.08. The number of nitrogens with zero attached hydrogens (tertiary/aromatic N) is 2. The van der Waals surface area contributed by atoms with Gasteiger partial charge in [0.05, 0.1) is 6.21 Å². The van der Waals surface area contributed by atoms with Gasteiger partial charge in [-0.3, -0.25) is 5.43 Å². The smallest absolute Gasteiger partial charge is 0.406 e. The Bertz CT molecular complexity index is 594. The molecule has 1 heterocycles. The molecule has 5 nitrogen and oxygen atoms in total. The predicted molar refractivity (Wildman–Crippen MR) is 70.9 cm³/mol. The second kappa shape index (κ2) is 5.78. The van der Waals surface area contributed by atoms with Crippen LogP contribution in [0.4, 0.5) is 24.1 Å². The first kappa shape index (κ1) is 14.1. The molecule has 0 bridgehead atoms. The topological polar surface area (TPSA) is 72.5 Å². The molecule has 0 aliphatic heterocycles. The molecule has 0 atom stereocenters. The highest BCUT2D eigenvalue weighted by molar-refractivity contribution is 7.14. The summed E-state index contributed by atoms with van der Waals surface area (Å²) in [7, 11) is 0. The molecule has 1 aromatic heterocycles. The fourth-order valence-electron chi connectivity index (χ4n) is 1.26. The standard InChI is InChI=1S/C11H9F3N4OS/c12-11(13,14)19-8-3-1-7(2-4-8)5-16-18-10-17-9(15)6-20-10/h1-6H,15H2,(H,17,18). The quantitative estimate of drug-likeness (QED) is 0.672. The number of hydrazone groups is 1. The molecule has 9 heteroatoms. The molecule has 0 amide bonds. The molecule has 2 aromatic rings. The van der Waals surface area contributed by atoms with E-state index >= 15 is 0 Å². The number of alkyl halides is 3. The van der Waals surface area contributed by atoms with E-state index in [-0.39, 0.29) is 5.75 Å². The van der Waals surface area contributed by atoms with E-state index in [2.05, 4.69) is 20.2 Å². The molecule has 106 valence electrons. The van der Waals surface area contributed by atoms with Crippen LogP contribution in [0.5, 0.6) is 5.75 Å². The molecule has 0 spiro atoms. The summed E-state index contributed by atoms with van der Waals surface area (Å²) in [6.07, 6.45) is -3.25. The number of anilines is 2. The van der Waals surface area contributed by atoms with Gasteiger partial charge < -0.3 is 10.5 Å². The lowest BCUT2D eigenvalue weighted by Crippen LogP contribution is -2.17. The maximum absolute atomic E-state index is 12.0. The number of nitrogen functional groups attached to an aromatic ring is 1. The summed E-state index contributed by atoms with van der Waals surface area (Å²) in [6.45, 7) is 0. The Morgan fingerprint density at radius 1 is 1.30 bits per heavy atom. The van der Waals surface area contributed by atoms with Crippen LogP contribution in [0.1, 0.15) is 5.56 Å². The second-order valence-electron chi connectivity index (χ2n) is 3.56. The summed E-state index contributed by atoms with van der Waals surface area (Å²) in [5.41, 5.74) is 8.69. The molecule has 0 saturated carbocycles. The van der Waals surface area contributed by atoms with Gasteiger partial charge in [0, 0.05) is 5.38 Å². The van der Waals surface area contributed by atoms with Crippen LogP contribution in [0.2, 0.25) is 0 Å². The summed E-state index contributed by atoms with van der Waals surface area (Å²) in [5.74, 6) is 0.108. The zero-order valence-corrected chi connectivity index (χ0v) is 10.7. The van der Waals surface area contributed by atoms with Crippen LogP contribution in [-0.2, 0) is 0 Å². The van der Waals surface area contributed by atoms with Crippen molar-refractivity contribution in [3.63, 3.8) is 0 Å². The van der Waals surface area contributed by atoms with Crippen molar-refractivity contribution in [2.45, 2.75) is 6.36 Å². The van der Waals surface area contributed by atoms with Crippen molar-refractivity contribution in [2.75, 3.05) is 11.2 Å². The Morgan fingerprint density at radius 3 is 2.55 bits per heavy atom. The van der Waals surface area contributed by atoms with Crippen molar-refractivity contribution in [1.82, 2.24) is 4.98 Å². The number of hydrogen-bond donors (Lipinski definition) is 2. The number of rotatable bonds is 4. The maximum atomic E-state index is 12.0.